The number of hydrogen-bond donors (Lipinski definition) is 2. The Hall–Kier alpha value is -2.44. The third-order valence-electron chi connectivity index (χ3n) is 4.97. The number of carbonyl (C=O) groups is 1. The molecule has 0 unspecified atom stereocenters. The van der Waals surface area contributed by atoms with E-state index in [-0.39, 0.29) is 11.9 Å². The van der Waals surface area contributed by atoms with Crippen molar-refractivity contribution in [3.05, 3.63) is 46.7 Å². The molecule has 1 fully saturated rings. The van der Waals surface area contributed by atoms with Crippen LogP contribution in [0.25, 0.3) is 22.2 Å². The number of carbonyl (C=O) groups excluding carboxylic acids is 1. The second kappa shape index (κ2) is 8.06. The van der Waals surface area contributed by atoms with Gasteiger partial charge in [-0.2, -0.15) is 11.3 Å². The van der Waals surface area contributed by atoms with E-state index in [0.29, 0.717) is 6.54 Å². The van der Waals surface area contributed by atoms with Crippen LogP contribution in [0.2, 0.25) is 0 Å². The Labute approximate surface area is 162 Å². The van der Waals surface area contributed by atoms with E-state index in [9.17, 15) is 4.79 Å². The first kappa shape index (κ1) is 17.9. The van der Waals surface area contributed by atoms with E-state index in [2.05, 4.69) is 33.5 Å². The Kier molecular flexibility index (Phi) is 5.36. The van der Waals surface area contributed by atoms with Crippen LogP contribution in [0, 0.1) is 0 Å². The highest BCUT2D eigenvalue weighted by Gasteiger charge is 2.20. The summed E-state index contributed by atoms with van der Waals surface area (Å²) in [5, 5.41) is 11.7. The number of methoxy groups -OCH3 is 1. The molecule has 1 aliphatic rings. The lowest BCUT2D eigenvalue weighted by Crippen LogP contribution is -2.42. The predicted molar refractivity (Wildman–Crippen MR) is 109 cm³/mol. The van der Waals surface area contributed by atoms with E-state index in [0.717, 1.165) is 59.3 Å². The lowest BCUT2D eigenvalue weighted by atomic mass is 10.0. The van der Waals surface area contributed by atoms with Crippen LogP contribution in [0.15, 0.2) is 41.1 Å². The van der Waals surface area contributed by atoms with Crippen LogP contribution in [0.1, 0.15) is 24.8 Å². The maximum absolute atomic E-state index is 12.2. The first-order valence-corrected chi connectivity index (χ1v) is 10.2. The summed E-state index contributed by atoms with van der Waals surface area (Å²) in [7, 11) is 1.66. The molecule has 0 aliphatic carbocycles. The molecular weight excluding hydrogens is 358 g/mol. The molecule has 3 aromatic rings. The van der Waals surface area contributed by atoms with Crippen LogP contribution >= 0.6 is 11.3 Å². The van der Waals surface area contributed by atoms with Crippen molar-refractivity contribution in [2.24, 2.45) is 0 Å². The fourth-order valence-corrected chi connectivity index (χ4v) is 4.11. The molecule has 1 atom stereocenters. The number of ether oxygens (including phenoxy) is 1. The van der Waals surface area contributed by atoms with Crippen LogP contribution in [0.5, 0.6) is 5.75 Å². The lowest BCUT2D eigenvalue weighted by molar-refractivity contribution is -0.122. The van der Waals surface area contributed by atoms with Crippen molar-refractivity contribution in [3.63, 3.8) is 0 Å². The number of nitrogens with zero attached hydrogens (tertiary/aromatic N) is 1. The molecular formula is C21H23N3O2S. The van der Waals surface area contributed by atoms with Crippen LogP contribution < -0.4 is 15.4 Å². The molecule has 4 rings (SSSR count). The molecule has 1 aromatic carbocycles. The Balaban J connectivity index is 1.67. The minimum Gasteiger partial charge on any atom is -0.497 e. The van der Waals surface area contributed by atoms with Gasteiger partial charge in [0.25, 0.3) is 0 Å². The van der Waals surface area contributed by atoms with Crippen molar-refractivity contribution in [2.45, 2.75) is 31.8 Å². The zero-order chi connectivity index (χ0) is 18.6. The zero-order valence-corrected chi connectivity index (χ0v) is 16.1. The number of benzene rings is 1. The van der Waals surface area contributed by atoms with E-state index >= 15 is 0 Å². The highest BCUT2D eigenvalue weighted by atomic mass is 32.1. The van der Waals surface area contributed by atoms with Gasteiger partial charge < -0.3 is 15.4 Å². The Bertz CT molecular complexity index is 940. The molecule has 1 aliphatic heterocycles. The fourth-order valence-electron chi connectivity index (χ4n) is 3.47. The molecule has 1 amide bonds. The average molecular weight is 382 g/mol. The monoisotopic (exact) mass is 381 g/mol. The van der Waals surface area contributed by atoms with Gasteiger partial charge in [0.1, 0.15) is 5.75 Å². The normalized spacial score (nSPS) is 17.5. The zero-order valence-electron chi connectivity index (χ0n) is 15.3. The van der Waals surface area contributed by atoms with Crippen LogP contribution in [-0.2, 0) is 11.3 Å². The van der Waals surface area contributed by atoms with Gasteiger partial charge in [-0.15, -0.1) is 0 Å². The number of amides is 1. The van der Waals surface area contributed by atoms with E-state index in [1.54, 1.807) is 18.4 Å². The molecule has 0 saturated carbocycles. The first-order valence-electron chi connectivity index (χ1n) is 9.26. The van der Waals surface area contributed by atoms with Gasteiger partial charge in [-0.05, 0) is 54.5 Å². The van der Waals surface area contributed by atoms with Gasteiger partial charge in [0.15, 0.2) is 0 Å². The predicted octanol–water partition coefficient (Wildman–Crippen LogP) is 3.73. The molecule has 140 valence electrons. The average Bonchev–Trinajstić information content (AvgIpc) is 3.15. The van der Waals surface area contributed by atoms with E-state index < -0.39 is 0 Å². The second-order valence-electron chi connectivity index (χ2n) is 6.79. The van der Waals surface area contributed by atoms with Crippen molar-refractivity contribution >= 4 is 28.1 Å². The summed E-state index contributed by atoms with van der Waals surface area (Å²) in [5.74, 6) is 0.898. The number of aromatic nitrogens is 1. The number of hydrogen-bond acceptors (Lipinski definition) is 5. The van der Waals surface area contributed by atoms with E-state index in [1.807, 2.05) is 18.2 Å². The molecule has 0 radical (unpaired) electrons. The van der Waals surface area contributed by atoms with Gasteiger partial charge >= 0.3 is 0 Å². The number of thiophene rings is 1. The van der Waals surface area contributed by atoms with Gasteiger partial charge in [-0.1, -0.05) is 0 Å². The smallest absolute Gasteiger partial charge is 0.237 e. The third-order valence-corrected chi connectivity index (χ3v) is 5.66. The van der Waals surface area contributed by atoms with Gasteiger partial charge in [-0.3, -0.25) is 4.79 Å². The molecule has 27 heavy (non-hydrogen) atoms. The first-order chi connectivity index (χ1) is 13.2. The molecule has 0 bridgehead atoms. The summed E-state index contributed by atoms with van der Waals surface area (Å²) in [6.07, 6.45) is 2.98. The summed E-state index contributed by atoms with van der Waals surface area (Å²) in [6.45, 7) is 1.38. The van der Waals surface area contributed by atoms with E-state index in [1.165, 1.54) is 0 Å². The lowest BCUT2D eigenvalue weighted by Gasteiger charge is -2.17. The fraction of sp³-hybridized carbons (Fsp3) is 0.333. The molecule has 2 aromatic heterocycles. The number of fused-ring (bicyclic) bond motifs is 1. The van der Waals surface area contributed by atoms with Crippen LogP contribution in [0.4, 0.5) is 0 Å². The van der Waals surface area contributed by atoms with Crippen molar-refractivity contribution < 1.29 is 9.53 Å². The van der Waals surface area contributed by atoms with Crippen LogP contribution in [-0.4, -0.2) is 30.6 Å². The standard InChI is InChI=1S/C21H23N3O2S/c1-26-17-6-5-14-10-16(12-23-18-4-2-3-8-22-21(18)25)20(24-19(14)11-17)15-7-9-27-13-15/h5-7,9-11,13,18,23H,2-4,8,12H2,1H3,(H,22,25)/t18-/m0/s1. The van der Waals surface area contributed by atoms with Crippen molar-refractivity contribution in [3.8, 4) is 17.0 Å². The quantitative estimate of drug-likeness (QED) is 0.707. The summed E-state index contributed by atoms with van der Waals surface area (Å²) in [5.41, 5.74) is 4.07. The number of rotatable bonds is 5. The second-order valence-corrected chi connectivity index (χ2v) is 7.57. The molecule has 0 spiro atoms. The summed E-state index contributed by atoms with van der Waals surface area (Å²) >= 11 is 1.66. The molecule has 3 heterocycles. The Morgan fingerprint density at radius 2 is 2.22 bits per heavy atom. The topological polar surface area (TPSA) is 63.2 Å². The highest BCUT2D eigenvalue weighted by Crippen LogP contribution is 2.29. The SMILES string of the molecule is COc1ccc2cc(CN[C@H]3CCCCNC3=O)c(-c3ccsc3)nc2c1. The summed E-state index contributed by atoms with van der Waals surface area (Å²) in [6, 6.07) is 10.0. The van der Waals surface area contributed by atoms with Gasteiger partial charge in [0, 0.05) is 35.5 Å². The van der Waals surface area contributed by atoms with E-state index in [4.69, 9.17) is 9.72 Å². The maximum atomic E-state index is 12.2. The molecule has 1 saturated heterocycles. The maximum Gasteiger partial charge on any atom is 0.237 e. The van der Waals surface area contributed by atoms with Crippen molar-refractivity contribution in [1.29, 1.82) is 0 Å². The number of nitrogens with one attached hydrogen (secondary N) is 2. The highest BCUT2D eigenvalue weighted by molar-refractivity contribution is 7.08. The Morgan fingerprint density at radius 1 is 1.30 bits per heavy atom. The summed E-state index contributed by atoms with van der Waals surface area (Å²) < 4.78 is 5.34. The molecule has 6 heteroatoms. The molecule has 2 N–H and O–H groups in total. The number of pyridine rings is 1. The summed E-state index contributed by atoms with van der Waals surface area (Å²) in [4.78, 5) is 17.1. The van der Waals surface area contributed by atoms with Crippen LogP contribution in [0.3, 0.4) is 0 Å². The third kappa shape index (κ3) is 3.96. The largest absolute Gasteiger partial charge is 0.497 e. The molecule has 5 nitrogen and oxygen atoms in total. The van der Waals surface area contributed by atoms with Gasteiger partial charge in [0.05, 0.1) is 24.4 Å². The van der Waals surface area contributed by atoms with Crippen molar-refractivity contribution in [1.82, 2.24) is 15.6 Å². The Morgan fingerprint density at radius 3 is 3.04 bits per heavy atom. The minimum atomic E-state index is -0.144. The van der Waals surface area contributed by atoms with Crippen molar-refractivity contribution in [2.75, 3.05) is 13.7 Å². The minimum absolute atomic E-state index is 0.100. The van der Waals surface area contributed by atoms with Gasteiger partial charge in [-0.25, -0.2) is 4.98 Å². The van der Waals surface area contributed by atoms with Gasteiger partial charge in [0.2, 0.25) is 5.91 Å².